The SMILES string of the molecule is Cl.O=C(Nc1ccc(N2CCNCC2)cn1)c1ccc([N+](=O)[O-])cc1F. The average Bonchev–Trinajstić information content (AvgIpc) is 2.62. The Morgan fingerprint density at radius 2 is 2.00 bits per heavy atom. The van der Waals surface area contributed by atoms with Crippen molar-refractivity contribution >= 4 is 35.5 Å². The maximum absolute atomic E-state index is 13.9. The summed E-state index contributed by atoms with van der Waals surface area (Å²) >= 11 is 0. The lowest BCUT2D eigenvalue weighted by atomic mass is 10.2. The predicted molar refractivity (Wildman–Crippen MR) is 97.6 cm³/mol. The van der Waals surface area contributed by atoms with E-state index in [4.69, 9.17) is 0 Å². The van der Waals surface area contributed by atoms with Crippen molar-refractivity contribution in [2.45, 2.75) is 0 Å². The number of carbonyl (C=O) groups excluding carboxylic acids is 1. The van der Waals surface area contributed by atoms with Gasteiger partial charge in [0, 0.05) is 32.2 Å². The Morgan fingerprint density at radius 3 is 2.58 bits per heavy atom. The van der Waals surface area contributed by atoms with E-state index in [0.29, 0.717) is 0 Å². The molecule has 0 saturated carbocycles. The van der Waals surface area contributed by atoms with Crippen LogP contribution in [0.5, 0.6) is 0 Å². The molecule has 0 unspecified atom stereocenters. The van der Waals surface area contributed by atoms with Crippen LogP contribution in [0.15, 0.2) is 36.5 Å². The molecular formula is C16H17ClFN5O3. The number of hydrogen-bond donors (Lipinski definition) is 2. The average molecular weight is 382 g/mol. The van der Waals surface area contributed by atoms with E-state index in [0.717, 1.165) is 50.1 Å². The Morgan fingerprint density at radius 1 is 1.27 bits per heavy atom. The summed E-state index contributed by atoms with van der Waals surface area (Å²) in [5, 5.41) is 16.4. The molecule has 1 aliphatic heterocycles. The summed E-state index contributed by atoms with van der Waals surface area (Å²) in [5.74, 6) is -1.39. The first-order valence-corrected chi connectivity index (χ1v) is 7.71. The number of nitrogens with zero attached hydrogens (tertiary/aromatic N) is 3. The van der Waals surface area contributed by atoms with Crippen LogP contribution in [0.25, 0.3) is 0 Å². The number of nitrogens with one attached hydrogen (secondary N) is 2. The fourth-order valence-electron chi connectivity index (χ4n) is 2.56. The molecule has 2 N–H and O–H groups in total. The van der Waals surface area contributed by atoms with Crippen molar-refractivity contribution in [3.63, 3.8) is 0 Å². The van der Waals surface area contributed by atoms with Crippen LogP contribution in [0.1, 0.15) is 10.4 Å². The van der Waals surface area contributed by atoms with Crippen molar-refractivity contribution in [2.24, 2.45) is 0 Å². The van der Waals surface area contributed by atoms with E-state index in [9.17, 15) is 19.3 Å². The monoisotopic (exact) mass is 381 g/mol. The number of halogens is 2. The highest BCUT2D eigenvalue weighted by atomic mass is 35.5. The molecule has 1 aromatic carbocycles. The number of aromatic nitrogens is 1. The van der Waals surface area contributed by atoms with E-state index in [2.05, 4.69) is 20.5 Å². The minimum atomic E-state index is -0.955. The molecule has 138 valence electrons. The molecule has 3 rings (SSSR count). The van der Waals surface area contributed by atoms with Crippen LogP contribution in [-0.4, -0.2) is 42.0 Å². The molecule has 0 spiro atoms. The molecule has 10 heteroatoms. The fraction of sp³-hybridized carbons (Fsp3) is 0.250. The number of amides is 1. The zero-order chi connectivity index (χ0) is 17.8. The molecule has 8 nitrogen and oxygen atoms in total. The van der Waals surface area contributed by atoms with Gasteiger partial charge in [0.25, 0.3) is 11.6 Å². The third-order valence-electron chi connectivity index (χ3n) is 3.88. The number of nitro benzene ring substituents is 1. The Labute approximate surface area is 155 Å². The van der Waals surface area contributed by atoms with Crippen molar-refractivity contribution in [1.29, 1.82) is 0 Å². The van der Waals surface area contributed by atoms with Gasteiger partial charge in [0.15, 0.2) is 0 Å². The molecule has 26 heavy (non-hydrogen) atoms. The van der Waals surface area contributed by atoms with Crippen molar-refractivity contribution in [3.05, 3.63) is 58.0 Å². The highest BCUT2D eigenvalue weighted by Gasteiger charge is 2.17. The first kappa shape index (κ1) is 19.5. The van der Waals surface area contributed by atoms with Crippen molar-refractivity contribution in [1.82, 2.24) is 10.3 Å². The molecule has 2 heterocycles. The topological polar surface area (TPSA) is 100 Å². The number of hydrogen-bond acceptors (Lipinski definition) is 6. The number of pyridine rings is 1. The summed E-state index contributed by atoms with van der Waals surface area (Å²) in [4.78, 5) is 28.4. The highest BCUT2D eigenvalue weighted by Crippen LogP contribution is 2.19. The van der Waals surface area contributed by atoms with E-state index in [1.165, 1.54) is 0 Å². The van der Waals surface area contributed by atoms with Gasteiger partial charge in [0.2, 0.25) is 0 Å². The molecule has 1 amide bonds. The second-order valence-corrected chi connectivity index (χ2v) is 5.51. The van der Waals surface area contributed by atoms with Gasteiger partial charge in [0.1, 0.15) is 11.6 Å². The van der Waals surface area contributed by atoms with Gasteiger partial charge in [-0.2, -0.15) is 0 Å². The largest absolute Gasteiger partial charge is 0.368 e. The molecule has 0 radical (unpaired) electrons. The zero-order valence-corrected chi connectivity index (χ0v) is 14.5. The molecule has 1 fully saturated rings. The standard InChI is InChI=1S/C16H16FN5O3.ClH/c17-14-9-11(22(24)25)1-3-13(14)16(23)20-15-4-2-12(10-19-15)21-7-5-18-6-8-21;/h1-4,9-10,18H,5-8H2,(H,19,20,23);1H. The molecular weight excluding hydrogens is 365 g/mol. The highest BCUT2D eigenvalue weighted by molar-refractivity contribution is 6.04. The Hall–Kier alpha value is -2.78. The van der Waals surface area contributed by atoms with Gasteiger partial charge in [-0.1, -0.05) is 0 Å². The smallest absolute Gasteiger partial charge is 0.272 e. The number of nitro groups is 1. The van der Waals surface area contributed by atoms with Gasteiger partial charge >= 0.3 is 0 Å². The fourth-order valence-corrected chi connectivity index (χ4v) is 2.56. The van der Waals surface area contributed by atoms with E-state index >= 15 is 0 Å². The molecule has 1 aromatic heterocycles. The summed E-state index contributed by atoms with van der Waals surface area (Å²) in [6.45, 7) is 3.55. The second kappa shape index (κ2) is 8.54. The van der Waals surface area contributed by atoms with E-state index in [-0.39, 0.29) is 23.8 Å². The number of piperazine rings is 1. The van der Waals surface area contributed by atoms with Gasteiger partial charge in [0.05, 0.1) is 28.4 Å². The van der Waals surface area contributed by atoms with Crippen molar-refractivity contribution in [3.8, 4) is 0 Å². The van der Waals surface area contributed by atoms with Crippen molar-refractivity contribution in [2.75, 3.05) is 36.4 Å². The lowest BCUT2D eigenvalue weighted by Crippen LogP contribution is -2.43. The Bertz CT molecular complexity index is 797. The number of rotatable bonds is 4. The van der Waals surface area contributed by atoms with Crippen LogP contribution in [0.3, 0.4) is 0 Å². The number of benzene rings is 1. The van der Waals surface area contributed by atoms with Crippen molar-refractivity contribution < 1.29 is 14.1 Å². The minimum Gasteiger partial charge on any atom is -0.368 e. The Balaban J connectivity index is 0.00000243. The molecule has 2 aromatic rings. The third kappa shape index (κ3) is 4.44. The quantitative estimate of drug-likeness (QED) is 0.622. The number of carbonyl (C=O) groups is 1. The first-order valence-electron chi connectivity index (χ1n) is 7.71. The van der Waals surface area contributed by atoms with Crippen LogP contribution in [0.2, 0.25) is 0 Å². The minimum absolute atomic E-state index is 0. The number of anilines is 2. The van der Waals surface area contributed by atoms with Gasteiger partial charge in [-0.05, 0) is 18.2 Å². The molecule has 1 saturated heterocycles. The maximum atomic E-state index is 13.9. The molecule has 0 bridgehead atoms. The zero-order valence-electron chi connectivity index (χ0n) is 13.6. The third-order valence-corrected chi connectivity index (χ3v) is 3.88. The number of non-ortho nitro benzene ring substituents is 1. The van der Waals surface area contributed by atoms with Crippen LogP contribution < -0.4 is 15.5 Å². The summed E-state index contributed by atoms with van der Waals surface area (Å²) in [7, 11) is 0. The van der Waals surface area contributed by atoms with Crippen LogP contribution in [-0.2, 0) is 0 Å². The summed E-state index contributed by atoms with van der Waals surface area (Å²) in [6.07, 6.45) is 1.65. The molecule has 0 aliphatic carbocycles. The first-order chi connectivity index (χ1) is 12.0. The van der Waals surface area contributed by atoms with Gasteiger partial charge < -0.3 is 15.5 Å². The Kier molecular flexibility index (Phi) is 6.42. The second-order valence-electron chi connectivity index (χ2n) is 5.51. The summed E-state index contributed by atoms with van der Waals surface area (Å²) in [6, 6.07) is 6.35. The van der Waals surface area contributed by atoms with E-state index in [1.54, 1.807) is 12.3 Å². The lowest BCUT2D eigenvalue weighted by molar-refractivity contribution is -0.385. The van der Waals surface area contributed by atoms with E-state index < -0.39 is 22.3 Å². The molecule has 1 aliphatic rings. The normalized spacial score (nSPS) is 13.7. The van der Waals surface area contributed by atoms with E-state index in [1.807, 2.05) is 6.07 Å². The van der Waals surface area contributed by atoms with Crippen LogP contribution >= 0.6 is 12.4 Å². The van der Waals surface area contributed by atoms with Gasteiger partial charge in [-0.25, -0.2) is 9.37 Å². The summed E-state index contributed by atoms with van der Waals surface area (Å²) in [5.41, 5.74) is 0.257. The van der Waals surface area contributed by atoms with Gasteiger partial charge in [-0.3, -0.25) is 14.9 Å². The van der Waals surface area contributed by atoms with Crippen LogP contribution in [0.4, 0.5) is 21.6 Å². The van der Waals surface area contributed by atoms with Crippen LogP contribution in [0, 0.1) is 15.9 Å². The van der Waals surface area contributed by atoms with Gasteiger partial charge in [-0.15, -0.1) is 12.4 Å². The molecule has 0 atom stereocenters. The lowest BCUT2D eigenvalue weighted by Gasteiger charge is -2.29. The summed E-state index contributed by atoms with van der Waals surface area (Å²) < 4.78 is 13.9. The maximum Gasteiger partial charge on any atom is 0.272 e. The predicted octanol–water partition coefficient (Wildman–Crippen LogP) is 2.21.